The van der Waals surface area contributed by atoms with E-state index in [1.165, 1.54) is 5.56 Å². The van der Waals surface area contributed by atoms with Gasteiger partial charge in [0.25, 0.3) is 0 Å². The van der Waals surface area contributed by atoms with E-state index in [9.17, 15) is 9.59 Å². The van der Waals surface area contributed by atoms with Crippen molar-refractivity contribution in [1.82, 2.24) is 19.6 Å². The Hall–Kier alpha value is -2.59. The Balaban J connectivity index is 1.44. The summed E-state index contributed by atoms with van der Waals surface area (Å²) in [5.41, 5.74) is 1.87. The summed E-state index contributed by atoms with van der Waals surface area (Å²) in [6.07, 6.45) is 1.51. The Morgan fingerprint density at radius 2 is 1.61 bits per heavy atom. The first-order chi connectivity index (χ1) is 13.5. The Bertz CT molecular complexity index is 724. The molecule has 3 rings (SSSR count). The Labute approximate surface area is 167 Å². The van der Waals surface area contributed by atoms with Crippen molar-refractivity contribution in [1.29, 1.82) is 5.26 Å². The summed E-state index contributed by atoms with van der Waals surface area (Å²) in [7, 11) is 3.52. The molecule has 0 unspecified atom stereocenters. The summed E-state index contributed by atoms with van der Waals surface area (Å²) in [6.45, 7) is 5.41. The summed E-state index contributed by atoms with van der Waals surface area (Å²) >= 11 is 0. The number of rotatable bonds is 3. The van der Waals surface area contributed by atoms with E-state index in [0.29, 0.717) is 18.7 Å². The average Bonchev–Trinajstić information content (AvgIpc) is 2.74. The van der Waals surface area contributed by atoms with E-state index >= 15 is 0 Å². The SMILES string of the molecule is CN(C)C(=O)N1CCC(C(=O)N2CCN(Cc3ccc(C#N)cc3)CC2)CC1. The Morgan fingerprint density at radius 1 is 1.00 bits per heavy atom. The molecule has 1 aromatic rings. The summed E-state index contributed by atoms with van der Waals surface area (Å²) in [4.78, 5) is 32.7. The van der Waals surface area contributed by atoms with Gasteiger partial charge in [0.15, 0.2) is 0 Å². The van der Waals surface area contributed by atoms with Gasteiger partial charge in [0, 0.05) is 65.8 Å². The van der Waals surface area contributed by atoms with Crippen LogP contribution in [0.1, 0.15) is 24.0 Å². The number of likely N-dealkylation sites (tertiary alicyclic amines) is 1. The van der Waals surface area contributed by atoms with Crippen LogP contribution in [0.2, 0.25) is 0 Å². The number of piperidine rings is 1. The summed E-state index contributed by atoms with van der Waals surface area (Å²) in [5.74, 6) is 0.284. The largest absolute Gasteiger partial charge is 0.340 e. The van der Waals surface area contributed by atoms with E-state index in [1.807, 2.05) is 34.1 Å². The first-order valence-corrected chi connectivity index (χ1v) is 9.94. The molecule has 150 valence electrons. The molecule has 0 aromatic heterocycles. The van der Waals surface area contributed by atoms with Crippen LogP contribution < -0.4 is 0 Å². The van der Waals surface area contributed by atoms with Gasteiger partial charge in [0.05, 0.1) is 11.6 Å². The predicted molar refractivity (Wildman–Crippen MR) is 106 cm³/mol. The highest BCUT2D eigenvalue weighted by atomic mass is 16.2. The second-order valence-corrected chi connectivity index (χ2v) is 7.85. The third kappa shape index (κ3) is 4.82. The third-order valence-corrected chi connectivity index (χ3v) is 5.67. The van der Waals surface area contributed by atoms with Crippen molar-refractivity contribution in [3.8, 4) is 6.07 Å². The van der Waals surface area contributed by atoms with Crippen LogP contribution in [0.15, 0.2) is 24.3 Å². The fraction of sp³-hybridized carbons (Fsp3) is 0.571. The summed E-state index contributed by atoms with van der Waals surface area (Å²) in [6, 6.07) is 9.87. The van der Waals surface area contributed by atoms with Crippen LogP contribution in [0.5, 0.6) is 0 Å². The van der Waals surface area contributed by atoms with E-state index in [4.69, 9.17) is 5.26 Å². The lowest BCUT2D eigenvalue weighted by Crippen LogP contribution is -2.52. The molecule has 0 N–H and O–H groups in total. The molecule has 7 nitrogen and oxygen atoms in total. The molecule has 0 radical (unpaired) electrons. The summed E-state index contributed by atoms with van der Waals surface area (Å²) < 4.78 is 0. The van der Waals surface area contributed by atoms with Crippen molar-refractivity contribution in [3.63, 3.8) is 0 Å². The molecule has 7 heteroatoms. The molecule has 28 heavy (non-hydrogen) atoms. The van der Waals surface area contributed by atoms with Gasteiger partial charge < -0.3 is 14.7 Å². The van der Waals surface area contributed by atoms with Crippen LogP contribution in [0.3, 0.4) is 0 Å². The van der Waals surface area contributed by atoms with Gasteiger partial charge in [-0.05, 0) is 30.5 Å². The number of carbonyl (C=O) groups excluding carboxylic acids is 2. The predicted octanol–water partition coefficient (Wildman–Crippen LogP) is 1.60. The zero-order chi connectivity index (χ0) is 20.1. The maximum atomic E-state index is 12.9. The van der Waals surface area contributed by atoms with Gasteiger partial charge in [0.2, 0.25) is 5.91 Å². The van der Waals surface area contributed by atoms with Crippen LogP contribution in [0, 0.1) is 17.2 Å². The number of hydrogen-bond donors (Lipinski definition) is 0. The zero-order valence-corrected chi connectivity index (χ0v) is 16.8. The number of carbonyl (C=O) groups is 2. The normalized spacial score (nSPS) is 18.6. The number of nitrogens with zero attached hydrogens (tertiary/aromatic N) is 5. The molecule has 0 saturated carbocycles. The fourth-order valence-electron chi connectivity index (χ4n) is 3.93. The minimum atomic E-state index is 0.0299. The van der Waals surface area contributed by atoms with E-state index < -0.39 is 0 Å². The van der Waals surface area contributed by atoms with E-state index in [1.54, 1.807) is 19.0 Å². The van der Waals surface area contributed by atoms with Gasteiger partial charge in [0.1, 0.15) is 0 Å². The first kappa shape index (κ1) is 20.2. The topological polar surface area (TPSA) is 70.9 Å². The molecular formula is C21H29N5O2. The maximum absolute atomic E-state index is 12.9. The molecule has 0 aliphatic carbocycles. The van der Waals surface area contributed by atoms with Gasteiger partial charge in [-0.1, -0.05) is 12.1 Å². The molecule has 2 aliphatic rings. The van der Waals surface area contributed by atoms with Gasteiger partial charge in [-0.2, -0.15) is 5.26 Å². The third-order valence-electron chi connectivity index (χ3n) is 5.67. The quantitative estimate of drug-likeness (QED) is 0.795. The lowest BCUT2D eigenvalue weighted by Gasteiger charge is -2.39. The number of urea groups is 1. The van der Waals surface area contributed by atoms with E-state index in [-0.39, 0.29) is 17.9 Å². The van der Waals surface area contributed by atoms with Gasteiger partial charge in [-0.25, -0.2) is 4.79 Å². The van der Waals surface area contributed by atoms with Gasteiger partial charge in [-0.15, -0.1) is 0 Å². The maximum Gasteiger partial charge on any atom is 0.319 e. The standard InChI is InChI=1S/C21H29N5O2/c1-23(2)21(28)26-9-7-19(8-10-26)20(27)25-13-11-24(12-14-25)16-18-5-3-17(15-22)4-6-18/h3-6,19H,7-14,16H2,1-2H3. The van der Waals surface area contributed by atoms with Crippen LogP contribution in [0.4, 0.5) is 4.79 Å². The van der Waals surface area contributed by atoms with Crippen molar-refractivity contribution in [2.75, 3.05) is 53.4 Å². The van der Waals surface area contributed by atoms with Gasteiger partial charge >= 0.3 is 6.03 Å². The molecule has 0 atom stereocenters. The average molecular weight is 383 g/mol. The minimum absolute atomic E-state index is 0.0299. The van der Waals surface area contributed by atoms with Gasteiger partial charge in [-0.3, -0.25) is 9.69 Å². The highest BCUT2D eigenvalue weighted by molar-refractivity contribution is 5.80. The number of nitriles is 1. The van der Waals surface area contributed by atoms with Crippen LogP contribution >= 0.6 is 0 Å². The molecule has 0 bridgehead atoms. The summed E-state index contributed by atoms with van der Waals surface area (Å²) in [5, 5.41) is 8.89. The lowest BCUT2D eigenvalue weighted by atomic mass is 9.95. The fourth-order valence-corrected chi connectivity index (χ4v) is 3.93. The van der Waals surface area contributed by atoms with Crippen LogP contribution in [-0.4, -0.2) is 84.9 Å². The highest BCUT2D eigenvalue weighted by Crippen LogP contribution is 2.21. The smallest absolute Gasteiger partial charge is 0.319 e. The second-order valence-electron chi connectivity index (χ2n) is 7.85. The van der Waals surface area contributed by atoms with Crippen molar-refractivity contribution in [2.24, 2.45) is 5.92 Å². The minimum Gasteiger partial charge on any atom is -0.340 e. The zero-order valence-electron chi connectivity index (χ0n) is 16.8. The molecule has 1 aromatic carbocycles. The van der Waals surface area contributed by atoms with Crippen molar-refractivity contribution >= 4 is 11.9 Å². The Morgan fingerprint density at radius 3 is 2.14 bits per heavy atom. The highest BCUT2D eigenvalue weighted by Gasteiger charge is 2.32. The molecule has 2 heterocycles. The Kier molecular flexibility index (Phi) is 6.53. The molecular weight excluding hydrogens is 354 g/mol. The van der Waals surface area contributed by atoms with E-state index in [2.05, 4.69) is 11.0 Å². The number of hydrogen-bond acceptors (Lipinski definition) is 4. The van der Waals surface area contributed by atoms with Crippen LogP contribution in [0.25, 0.3) is 0 Å². The monoisotopic (exact) mass is 383 g/mol. The molecule has 2 fully saturated rings. The van der Waals surface area contributed by atoms with E-state index in [0.717, 1.165) is 45.6 Å². The number of amides is 3. The number of piperazine rings is 1. The molecule has 0 spiro atoms. The van der Waals surface area contributed by atoms with Crippen molar-refractivity contribution < 1.29 is 9.59 Å². The molecule has 2 aliphatic heterocycles. The first-order valence-electron chi connectivity index (χ1n) is 9.94. The van der Waals surface area contributed by atoms with Crippen molar-refractivity contribution in [3.05, 3.63) is 35.4 Å². The second kappa shape index (κ2) is 9.07. The molecule has 3 amide bonds. The van der Waals surface area contributed by atoms with Crippen molar-refractivity contribution in [2.45, 2.75) is 19.4 Å². The lowest BCUT2D eigenvalue weighted by molar-refractivity contribution is -0.138. The number of benzene rings is 1. The van der Waals surface area contributed by atoms with Crippen LogP contribution in [-0.2, 0) is 11.3 Å². The molecule has 2 saturated heterocycles.